The smallest absolute Gasteiger partial charge is 0.392 e. The maximum atomic E-state index is 12.9. The Balaban J connectivity index is 2.37. The second kappa shape index (κ2) is 5.46. The van der Waals surface area contributed by atoms with E-state index in [9.17, 15) is 18.0 Å². The molecule has 1 aliphatic carbocycles. The summed E-state index contributed by atoms with van der Waals surface area (Å²) in [5, 5.41) is 4.12. The molecule has 1 heterocycles. The lowest BCUT2D eigenvalue weighted by atomic mass is 9.86. The lowest BCUT2D eigenvalue weighted by Crippen LogP contribution is -2.29. The first kappa shape index (κ1) is 14.9. The fourth-order valence-electron chi connectivity index (χ4n) is 2.59. The molecule has 1 unspecified atom stereocenters. The molecule has 1 aromatic heterocycles. The number of carbonyl (C=O) groups excluding carboxylic acids is 1. The van der Waals surface area contributed by atoms with Crippen molar-refractivity contribution in [3.63, 3.8) is 0 Å². The van der Waals surface area contributed by atoms with E-state index in [1.54, 1.807) is 11.6 Å². The first-order valence-corrected chi connectivity index (χ1v) is 6.70. The van der Waals surface area contributed by atoms with Crippen LogP contribution in [0.2, 0.25) is 0 Å². The van der Waals surface area contributed by atoms with Crippen molar-refractivity contribution in [2.75, 3.05) is 6.61 Å². The number of fused-ring (bicyclic) bond motifs is 1. The summed E-state index contributed by atoms with van der Waals surface area (Å²) < 4.78 is 45.1. The number of hydrogen-bond acceptors (Lipinski definition) is 3. The Morgan fingerprint density at radius 1 is 1.45 bits per heavy atom. The van der Waals surface area contributed by atoms with Gasteiger partial charge in [0.2, 0.25) is 0 Å². The summed E-state index contributed by atoms with van der Waals surface area (Å²) in [6.07, 6.45) is -4.09. The van der Waals surface area contributed by atoms with Crippen LogP contribution >= 0.6 is 0 Å². The third-order valence-electron chi connectivity index (χ3n) is 3.58. The van der Waals surface area contributed by atoms with Gasteiger partial charge in [-0.1, -0.05) is 0 Å². The first-order chi connectivity index (χ1) is 9.38. The number of hydrogen-bond donors (Lipinski definition) is 0. The van der Waals surface area contributed by atoms with Crippen LogP contribution in [0.4, 0.5) is 13.2 Å². The van der Waals surface area contributed by atoms with Gasteiger partial charge in [0.1, 0.15) is 0 Å². The molecule has 4 nitrogen and oxygen atoms in total. The van der Waals surface area contributed by atoms with Gasteiger partial charge in [0.25, 0.3) is 0 Å². The van der Waals surface area contributed by atoms with E-state index in [0.29, 0.717) is 18.5 Å². The fraction of sp³-hybridized carbons (Fsp3) is 0.692. The second-order valence-corrected chi connectivity index (χ2v) is 4.79. The molecule has 1 aromatic rings. The van der Waals surface area contributed by atoms with E-state index in [0.717, 1.165) is 5.69 Å². The summed E-state index contributed by atoms with van der Waals surface area (Å²) in [5.74, 6) is -2.04. The number of aryl methyl sites for hydroxylation is 1. The molecule has 0 aromatic carbocycles. The monoisotopic (exact) mass is 290 g/mol. The molecule has 20 heavy (non-hydrogen) atoms. The molecule has 2 rings (SSSR count). The highest BCUT2D eigenvalue weighted by atomic mass is 19.4. The van der Waals surface area contributed by atoms with E-state index in [1.807, 2.05) is 6.92 Å². The zero-order chi connectivity index (χ0) is 14.9. The van der Waals surface area contributed by atoms with E-state index < -0.39 is 18.1 Å². The Morgan fingerprint density at radius 3 is 2.70 bits per heavy atom. The molecule has 0 bridgehead atoms. The van der Waals surface area contributed by atoms with Crippen LogP contribution < -0.4 is 0 Å². The summed E-state index contributed by atoms with van der Waals surface area (Å²) in [6, 6.07) is 0. The number of rotatable bonds is 3. The van der Waals surface area contributed by atoms with Crippen molar-refractivity contribution in [3.05, 3.63) is 17.0 Å². The molecule has 0 fully saturated rings. The average molecular weight is 290 g/mol. The van der Waals surface area contributed by atoms with Crippen molar-refractivity contribution in [1.29, 1.82) is 0 Å². The summed E-state index contributed by atoms with van der Waals surface area (Å²) in [4.78, 5) is 11.8. The molecular formula is C13H17F3N2O2. The Morgan fingerprint density at radius 2 is 2.15 bits per heavy atom. The summed E-state index contributed by atoms with van der Waals surface area (Å²) in [7, 11) is 0. The van der Waals surface area contributed by atoms with Crippen LogP contribution in [-0.4, -0.2) is 28.5 Å². The zero-order valence-electron chi connectivity index (χ0n) is 11.5. The Hall–Kier alpha value is -1.53. The number of ether oxygens (including phenoxy) is 1. The molecule has 0 aliphatic heterocycles. The van der Waals surface area contributed by atoms with E-state index in [1.165, 1.54) is 0 Å². The number of carbonyl (C=O) groups is 1. The number of aromatic nitrogens is 2. The molecule has 0 saturated heterocycles. The van der Waals surface area contributed by atoms with Gasteiger partial charge in [-0.05, 0) is 33.1 Å². The maximum absolute atomic E-state index is 12.9. The molecule has 1 atom stereocenters. The molecule has 0 amide bonds. The molecule has 0 saturated carbocycles. The van der Waals surface area contributed by atoms with Gasteiger partial charge in [-0.15, -0.1) is 0 Å². The number of halogens is 3. The molecule has 112 valence electrons. The third kappa shape index (κ3) is 2.66. The Bertz CT molecular complexity index is 508. The predicted octanol–water partition coefficient (Wildman–Crippen LogP) is 2.75. The van der Waals surface area contributed by atoms with Crippen LogP contribution in [0.15, 0.2) is 0 Å². The number of nitrogens with zero attached hydrogens (tertiary/aromatic N) is 2. The van der Waals surface area contributed by atoms with Gasteiger partial charge in [0.15, 0.2) is 5.69 Å². The number of esters is 1. The van der Waals surface area contributed by atoms with Gasteiger partial charge < -0.3 is 4.74 Å². The maximum Gasteiger partial charge on any atom is 0.392 e. The van der Waals surface area contributed by atoms with Gasteiger partial charge in [-0.3, -0.25) is 4.68 Å². The third-order valence-corrected chi connectivity index (χ3v) is 3.58. The van der Waals surface area contributed by atoms with Crippen LogP contribution in [-0.2, 0) is 24.1 Å². The largest absolute Gasteiger partial charge is 0.461 e. The van der Waals surface area contributed by atoms with Gasteiger partial charge in [0, 0.05) is 17.8 Å². The van der Waals surface area contributed by atoms with Crippen molar-refractivity contribution in [1.82, 2.24) is 9.78 Å². The number of alkyl halides is 3. The van der Waals surface area contributed by atoms with Crippen LogP contribution in [0.1, 0.15) is 42.0 Å². The van der Waals surface area contributed by atoms with E-state index in [2.05, 4.69) is 5.10 Å². The Kier molecular flexibility index (Phi) is 4.06. The van der Waals surface area contributed by atoms with Gasteiger partial charge in [-0.2, -0.15) is 18.3 Å². The minimum Gasteiger partial charge on any atom is -0.461 e. The van der Waals surface area contributed by atoms with E-state index in [4.69, 9.17) is 4.74 Å². The molecule has 7 heteroatoms. The minimum absolute atomic E-state index is 0.0395. The molecule has 0 spiro atoms. The van der Waals surface area contributed by atoms with Crippen molar-refractivity contribution < 1.29 is 22.7 Å². The fourth-order valence-corrected chi connectivity index (χ4v) is 2.59. The van der Waals surface area contributed by atoms with E-state index in [-0.39, 0.29) is 25.1 Å². The van der Waals surface area contributed by atoms with Crippen molar-refractivity contribution in [2.24, 2.45) is 5.92 Å². The minimum atomic E-state index is -4.24. The van der Waals surface area contributed by atoms with Crippen molar-refractivity contribution in [2.45, 2.75) is 45.8 Å². The standard InChI is InChI=1S/C13H17F3N2O2/c1-3-18-10-6-5-8(13(14,15)16)7-9(10)11(17-18)12(19)20-4-2/h8H,3-7H2,1-2H3. The summed E-state index contributed by atoms with van der Waals surface area (Å²) in [6.45, 7) is 4.20. The van der Waals surface area contributed by atoms with Crippen LogP contribution in [0.3, 0.4) is 0 Å². The lowest BCUT2D eigenvalue weighted by molar-refractivity contribution is -0.177. The van der Waals surface area contributed by atoms with Gasteiger partial charge in [0.05, 0.1) is 12.5 Å². The van der Waals surface area contributed by atoms with Crippen molar-refractivity contribution in [3.8, 4) is 0 Å². The topological polar surface area (TPSA) is 44.1 Å². The molecule has 0 radical (unpaired) electrons. The van der Waals surface area contributed by atoms with Gasteiger partial charge >= 0.3 is 12.1 Å². The van der Waals surface area contributed by atoms with Crippen LogP contribution in [0, 0.1) is 5.92 Å². The molecule has 1 aliphatic rings. The molecule has 0 N–H and O–H groups in total. The zero-order valence-corrected chi connectivity index (χ0v) is 11.5. The highest BCUT2D eigenvalue weighted by Gasteiger charge is 2.43. The normalized spacial score (nSPS) is 18.8. The quantitative estimate of drug-likeness (QED) is 0.804. The SMILES string of the molecule is CCOC(=O)c1nn(CC)c2c1CC(C(F)(F)F)CC2. The van der Waals surface area contributed by atoms with Crippen LogP contribution in [0.5, 0.6) is 0 Å². The highest BCUT2D eigenvalue weighted by molar-refractivity contribution is 5.89. The first-order valence-electron chi connectivity index (χ1n) is 6.70. The lowest BCUT2D eigenvalue weighted by Gasteiger charge is -2.25. The summed E-state index contributed by atoms with van der Waals surface area (Å²) >= 11 is 0. The predicted molar refractivity (Wildman–Crippen MR) is 65.4 cm³/mol. The van der Waals surface area contributed by atoms with Gasteiger partial charge in [-0.25, -0.2) is 4.79 Å². The van der Waals surface area contributed by atoms with E-state index >= 15 is 0 Å². The summed E-state index contributed by atoms with van der Waals surface area (Å²) in [5.41, 5.74) is 1.17. The van der Waals surface area contributed by atoms with Crippen molar-refractivity contribution >= 4 is 5.97 Å². The highest BCUT2D eigenvalue weighted by Crippen LogP contribution is 2.38. The average Bonchev–Trinajstić information content (AvgIpc) is 2.75. The second-order valence-electron chi connectivity index (χ2n) is 4.79. The Labute approximate surface area is 114 Å². The molecular weight excluding hydrogens is 273 g/mol. The van der Waals surface area contributed by atoms with Crippen LogP contribution in [0.25, 0.3) is 0 Å².